The van der Waals surface area contributed by atoms with E-state index in [0.717, 1.165) is 0 Å². The molecule has 0 bridgehead atoms. The van der Waals surface area contributed by atoms with E-state index in [1.165, 1.54) is 19.2 Å². The van der Waals surface area contributed by atoms with Gasteiger partial charge < -0.3 is 19.9 Å². The molecule has 24 heavy (non-hydrogen) atoms. The second-order valence-corrected chi connectivity index (χ2v) is 4.90. The molecule has 2 aromatic heterocycles. The number of nitrogens with zero attached hydrogens (tertiary/aromatic N) is 2. The van der Waals surface area contributed by atoms with Crippen LogP contribution >= 0.6 is 0 Å². The summed E-state index contributed by atoms with van der Waals surface area (Å²) in [5.41, 5.74) is 6.86. The summed E-state index contributed by atoms with van der Waals surface area (Å²) < 4.78 is 30.3. The van der Waals surface area contributed by atoms with Crippen molar-refractivity contribution in [2.75, 3.05) is 19.5 Å². The molecule has 124 valence electrons. The van der Waals surface area contributed by atoms with Crippen LogP contribution in [-0.2, 0) is 0 Å². The lowest BCUT2D eigenvalue weighted by molar-refractivity contribution is 0.299. The molecule has 0 fully saturated rings. The van der Waals surface area contributed by atoms with Gasteiger partial charge in [0.25, 0.3) is 5.88 Å². The van der Waals surface area contributed by atoms with Crippen LogP contribution in [0.5, 0.6) is 23.1 Å². The van der Waals surface area contributed by atoms with Gasteiger partial charge >= 0.3 is 0 Å². The van der Waals surface area contributed by atoms with Crippen molar-refractivity contribution in [3.63, 3.8) is 0 Å². The van der Waals surface area contributed by atoms with Crippen LogP contribution in [0.1, 0.15) is 6.92 Å². The predicted octanol–water partition coefficient (Wildman–Crippen LogP) is 3.55. The zero-order valence-electron chi connectivity index (χ0n) is 13.2. The van der Waals surface area contributed by atoms with Gasteiger partial charge in [-0.15, -0.1) is 0 Å². The Hall–Kier alpha value is -3.09. The average molecular weight is 329 g/mol. The maximum Gasteiger partial charge on any atom is 0.257 e. The Morgan fingerprint density at radius 2 is 1.96 bits per heavy atom. The van der Waals surface area contributed by atoms with E-state index in [0.29, 0.717) is 40.7 Å². The highest BCUT2D eigenvalue weighted by Gasteiger charge is 2.14. The zero-order valence-corrected chi connectivity index (χ0v) is 13.2. The van der Waals surface area contributed by atoms with Gasteiger partial charge in [0.15, 0.2) is 23.1 Å². The van der Waals surface area contributed by atoms with Crippen molar-refractivity contribution in [2.45, 2.75) is 6.92 Å². The number of nitrogens with two attached hydrogens (primary N) is 1. The van der Waals surface area contributed by atoms with Gasteiger partial charge in [0.2, 0.25) is 0 Å². The average Bonchev–Trinajstić information content (AvgIpc) is 2.57. The third-order valence-electron chi connectivity index (χ3n) is 3.28. The van der Waals surface area contributed by atoms with Crippen LogP contribution in [0.15, 0.2) is 36.5 Å². The molecule has 0 saturated heterocycles. The molecule has 0 aliphatic rings. The number of nitrogen functional groups attached to an aromatic ring is 1. The van der Waals surface area contributed by atoms with Gasteiger partial charge in [0.1, 0.15) is 5.52 Å². The van der Waals surface area contributed by atoms with E-state index >= 15 is 0 Å². The molecule has 0 radical (unpaired) electrons. The number of benzene rings is 1. The first-order valence-electron chi connectivity index (χ1n) is 7.31. The van der Waals surface area contributed by atoms with Gasteiger partial charge in [0, 0.05) is 30.1 Å². The highest BCUT2D eigenvalue weighted by Crippen LogP contribution is 2.34. The summed E-state index contributed by atoms with van der Waals surface area (Å²) >= 11 is 0. The minimum absolute atomic E-state index is 0.0484. The molecule has 0 amide bonds. The molecular formula is C17H16FN3O3. The fourth-order valence-corrected chi connectivity index (χ4v) is 2.20. The smallest absolute Gasteiger partial charge is 0.257 e. The largest absolute Gasteiger partial charge is 0.491 e. The Labute approximate surface area is 138 Å². The molecule has 0 spiro atoms. The summed E-state index contributed by atoms with van der Waals surface area (Å²) in [6, 6.07) is 7.52. The van der Waals surface area contributed by atoms with Crippen molar-refractivity contribution in [1.29, 1.82) is 0 Å². The van der Waals surface area contributed by atoms with Crippen molar-refractivity contribution < 1.29 is 18.6 Å². The number of pyridine rings is 2. The van der Waals surface area contributed by atoms with Crippen molar-refractivity contribution in [2.24, 2.45) is 0 Å². The number of anilines is 1. The fourth-order valence-electron chi connectivity index (χ4n) is 2.20. The normalized spacial score (nSPS) is 10.6. The summed E-state index contributed by atoms with van der Waals surface area (Å²) in [5.74, 6) is 0.633. The lowest BCUT2D eigenvalue weighted by Gasteiger charge is -2.12. The van der Waals surface area contributed by atoms with Gasteiger partial charge in [-0.1, -0.05) is 0 Å². The first-order chi connectivity index (χ1) is 11.6. The number of methoxy groups -OCH3 is 1. The molecule has 7 heteroatoms. The molecular weight excluding hydrogens is 313 g/mol. The molecule has 0 atom stereocenters. The van der Waals surface area contributed by atoms with Crippen LogP contribution in [0.3, 0.4) is 0 Å². The number of fused-ring (bicyclic) bond motifs is 1. The lowest BCUT2D eigenvalue weighted by atomic mass is 10.2. The van der Waals surface area contributed by atoms with E-state index in [4.69, 9.17) is 19.9 Å². The van der Waals surface area contributed by atoms with Gasteiger partial charge in [-0.3, -0.25) is 4.98 Å². The number of halogens is 1. The van der Waals surface area contributed by atoms with Crippen LogP contribution in [0.4, 0.5) is 10.1 Å². The van der Waals surface area contributed by atoms with Crippen LogP contribution < -0.4 is 19.9 Å². The monoisotopic (exact) mass is 329 g/mol. The zero-order chi connectivity index (χ0) is 17.1. The molecule has 2 heterocycles. The van der Waals surface area contributed by atoms with Gasteiger partial charge in [-0.2, -0.15) is 0 Å². The van der Waals surface area contributed by atoms with Crippen molar-refractivity contribution in [3.05, 3.63) is 42.3 Å². The van der Waals surface area contributed by atoms with E-state index in [9.17, 15) is 4.39 Å². The van der Waals surface area contributed by atoms with Crippen LogP contribution in [0.2, 0.25) is 0 Å². The minimum Gasteiger partial charge on any atom is -0.491 e. The predicted molar refractivity (Wildman–Crippen MR) is 88.1 cm³/mol. The molecule has 2 N–H and O–H groups in total. The van der Waals surface area contributed by atoms with Crippen molar-refractivity contribution >= 4 is 16.7 Å². The maximum absolute atomic E-state index is 14.0. The van der Waals surface area contributed by atoms with E-state index in [1.54, 1.807) is 24.4 Å². The molecule has 0 saturated carbocycles. The summed E-state index contributed by atoms with van der Waals surface area (Å²) in [4.78, 5) is 8.64. The minimum atomic E-state index is -0.557. The van der Waals surface area contributed by atoms with Gasteiger partial charge in [-0.25, -0.2) is 9.37 Å². The van der Waals surface area contributed by atoms with Crippen molar-refractivity contribution in [1.82, 2.24) is 9.97 Å². The quantitative estimate of drug-likeness (QED) is 0.721. The SMILES string of the molecule is CCOc1nc2c(Oc3ccc(N)cc3F)ccnc2cc1OC. The molecule has 6 nitrogen and oxygen atoms in total. The van der Waals surface area contributed by atoms with Crippen molar-refractivity contribution in [3.8, 4) is 23.1 Å². The second kappa shape index (κ2) is 6.57. The second-order valence-electron chi connectivity index (χ2n) is 4.90. The third kappa shape index (κ3) is 3.01. The standard InChI is InChI=1S/C17H16FN3O3/c1-3-23-17-15(22-2)9-12-16(21-17)14(6-7-20-12)24-13-5-4-10(19)8-11(13)18/h4-9H,3,19H2,1-2H3. The first kappa shape index (κ1) is 15.8. The Morgan fingerprint density at radius 1 is 1.12 bits per heavy atom. The lowest BCUT2D eigenvalue weighted by Crippen LogP contribution is -2.00. The number of hydrogen-bond acceptors (Lipinski definition) is 6. The Bertz CT molecular complexity index is 886. The summed E-state index contributed by atoms with van der Waals surface area (Å²) in [6.45, 7) is 2.27. The molecule has 3 rings (SSSR count). The molecule has 0 unspecified atom stereocenters. The number of aromatic nitrogens is 2. The molecule has 3 aromatic rings. The Morgan fingerprint density at radius 3 is 2.67 bits per heavy atom. The van der Waals surface area contributed by atoms with Crippen LogP contribution in [0.25, 0.3) is 11.0 Å². The maximum atomic E-state index is 14.0. The van der Waals surface area contributed by atoms with E-state index < -0.39 is 5.82 Å². The fraction of sp³-hybridized carbons (Fsp3) is 0.176. The van der Waals surface area contributed by atoms with E-state index in [1.807, 2.05) is 6.92 Å². The summed E-state index contributed by atoms with van der Waals surface area (Å²) in [7, 11) is 1.52. The summed E-state index contributed by atoms with van der Waals surface area (Å²) in [5, 5.41) is 0. The molecule has 0 aliphatic heterocycles. The van der Waals surface area contributed by atoms with Gasteiger partial charge in [-0.05, 0) is 19.1 Å². The molecule has 1 aromatic carbocycles. The first-order valence-corrected chi connectivity index (χ1v) is 7.31. The number of rotatable bonds is 5. The highest BCUT2D eigenvalue weighted by atomic mass is 19.1. The van der Waals surface area contributed by atoms with Gasteiger partial charge in [0.05, 0.1) is 19.2 Å². The van der Waals surface area contributed by atoms with Crippen LogP contribution in [-0.4, -0.2) is 23.7 Å². The van der Waals surface area contributed by atoms with E-state index in [-0.39, 0.29) is 5.75 Å². The van der Waals surface area contributed by atoms with E-state index in [2.05, 4.69) is 9.97 Å². The number of hydrogen-bond donors (Lipinski definition) is 1. The molecule has 0 aliphatic carbocycles. The Kier molecular flexibility index (Phi) is 4.33. The van der Waals surface area contributed by atoms with Crippen LogP contribution in [0, 0.1) is 5.82 Å². The Balaban J connectivity index is 2.08. The summed E-state index contributed by atoms with van der Waals surface area (Å²) in [6.07, 6.45) is 1.55. The number of ether oxygens (including phenoxy) is 3. The highest BCUT2D eigenvalue weighted by molar-refractivity contribution is 5.83. The topological polar surface area (TPSA) is 79.5 Å². The third-order valence-corrected chi connectivity index (χ3v) is 3.28.